The smallest absolute Gasteiger partial charge is 0.361 e. The molecule has 0 saturated carbocycles. The van der Waals surface area contributed by atoms with Crippen LogP contribution in [0.2, 0.25) is 0 Å². The number of nitrogens with one attached hydrogen (secondary N) is 1. The molecule has 0 saturated heterocycles. The van der Waals surface area contributed by atoms with Crippen molar-refractivity contribution in [2.24, 2.45) is 0 Å². The van der Waals surface area contributed by atoms with E-state index in [1.165, 1.54) is 18.6 Å². The molecule has 0 bridgehead atoms. The van der Waals surface area contributed by atoms with Crippen LogP contribution in [0.4, 0.5) is 5.69 Å². The summed E-state index contributed by atoms with van der Waals surface area (Å²) in [5.74, 6) is -1.37. The number of Topliss-reactive ketones (excluding diaryl/α,β-unsaturated/α-hetero) is 1. The summed E-state index contributed by atoms with van der Waals surface area (Å²) in [4.78, 5) is 37.9. The number of hydrogen-bond acceptors (Lipinski definition) is 6. The van der Waals surface area contributed by atoms with E-state index in [4.69, 9.17) is 4.74 Å². The summed E-state index contributed by atoms with van der Waals surface area (Å²) in [6.45, 7) is 8.49. The zero-order valence-electron chi connectivity index (χ0n) is 18.1. The van der Waals surface area contributed by atoms with Crippen molar-refractivity contribution in [2.75, 3.05) is 5.32 Å². The van der Waals surface area contributed by atoms with Crippen LogP contribution < -0.4 is 5.32 Å². The maximum absolute atomic E-state index is 12.6. The molecule has 0 aliphatic heterocycles. The van der Waals surface area contributed by atoms with E-state index in [9.17, 15) is 14.4 Å². The number of anilines is 1. The average Bonchev–Trinajstić information content (AvgIpc) is 3.09. The number of ether oxygens (including phenoxy) is 1. The van der Waals surface area contributed by atoms with Crippen LogP contribution >= 0.6 is 0 Å². The van der Waals surface area contributed by atoms with Gasteiger partial charge in [-0.3, -0.25) is 9.59 Å². The molecule has 0 spiro atoms. The zero-order chi connectivity index (χ0) is 22.7. The van der Waals surface area contributed by atoms with Crippen molar-refractivity contribution in [1.29, 1.82) is 0 Å². The van der Waals surface area contributed by atoms with Gasteiger partial charge >= 0.3 is 5.97 Å². The van der Waals surface area contributed by atoms with Gasteiger partial charge in [0.25, 0.3) is 5.91 Å². The molecule has 0 radical (unpaired) electrons. The van der Waals surface area contributed by atoms with Gasteiger partial charge in [-0.05, 0) is 58.4 Å². The molecule has 1 atom stereocenters. The van der Waals surface area contributed by atoms with Crippen LogP contribution in [0.5, 0.6) is 0 Å². The number of rotatable bonds is 6. The number of carbonyl (C=O) groups excluding carboxylic acids is 3. The fourth-order valence-corrected chi connectivity index (χ4v) is 3.03. The van der Waals surface area contributed by atoms with Gasteiger partial charge in [-0.1, -0.05) is 29.8 Å². The minimum absolute atomic E-state index is 0.0400. The maximum atomic E-state index is 12.6. The quantitative estimate of drug-likeness (QED) is 0.483. The number of hydrogen-bond donors (Lipinski definition) is 1. The topological polar surface area (TPSA) is 103 Å². The fourth-order valence-electron chi connectivity index (χ4n) is 3.03. The van der Waals surface area contributed by atoms with Crippen molar-refractivity contribution >= 4 is 23.3 Å². The summed E-state index contributed by atoms with van der Waals surface area (Å²) in [6.07, 6.45) is -1.07. The summed E-state index contributed by atoms with van der Waals surface area (Å²) in [7, 11) is 0. The van der Waals surface area contributed by atoms with E-state index in [1.807, 2.05) is 32.0 Å². The Hall–Kier alpha value is -3.81. The van der Waals surface area contributed by atoms with Crippen LogP contribution in [0.3, 0.4) is 0 Å². The number of ketones is 1. The first-order valence-electron chi connectivity index (χ1n) is 9.80. The molecule has 1 heterocycles. The molecule has 1 aromatic heterocycles. The van der Waals surface area contributed by atoms with Gasteiger partial charge in [0.1, 0.15) is 0 Å². The van der Waals surface area contributed by atoms with Gasteiger partial charge < -0.3 is 10.1 Å². The van der Waals surface area contributed by atoms with E-state index in [0.717, 1.165) is 16.8 Å². The highest BCUT2D eigenvalue weighted by Gasteiger charge is 2.24. The third kappa shape index (κ3) is 5.03. The fraction of sp³-hybridized carbons (Fsp3) is 0.261. The van der Waals surface area contributed by atoms with Crippen LogP contribution in [0.25, 0.3) is 5.69 Å². The summed E-state index contributed by atoms with van der Waals surface area (Å²) in [6, 6.07) is 12.4. The summed E-state index contributed by atoms with van der Waals surface area (Å²) in [5, 5.41) is 11.2. The van der Waals surface area contributed by atoms with Gasteiger partial charge in [-0.15, -0.1) is 5.10 Å². The molecule has 31 heavy (non-hydrogen) atoms. The number of amides is 1. The van der Waals surface area contributed by atoms with Gasteiger partial charge in [-0.25, -0.2) is 4.79 Å². The normalized spacial score (nSPS) is 11.6. The Morgan fingerprint density at radius 1 is 1.03 bits per heavy atom. The molecule has 8 heteroatoms. The van der Waals surface area contributed by atoms with E-state index in [2.05, 4.69) is 15.5 Å². The lowest BCUT2D eigenvalue weighted by Gasteiger charge is -2.13. The van der Waals surface area contributed by atoms with Crippen LogP contribution in [0, 0.1) is 20.8 Å². The molecule has 1 amide bonds. The first kappa shape index (κ1) is 21.9. The number of aryl methyl sites for hydroxylation is 3. The van der Waals surface area contributed by atoms with Crippen molar-refractivity contribution in [1.82, 2.24) is 15.0 Å². The molecule has 8 nitrogen and oxygen atoms in total. The van der Waals surface area contributed by atoms with E-state index >= 15 is 0 Å². The van der Waals surface area contributed by atoms with Gasteiger partial charge in [0, 0.05) is 11.3 Å². The van der Waals surface area contributed by atoms with Crippen LogP contribution in [0.15, 0.2) is 42.5 Å². The van der Waals surface area contributed by atoms with Crippen molar-refractivity contribution in [3.8, 4) is 5.69 Å². The van der Waals surface area contributed by atoms with Crippen LogP contribution in [-0.2, 0) is 9.53 Å². The number of aromatic nitrogens is 3. The zero-order valence-corrected chi connectivity index (χ0v) is 18.1. The number of benzene rings is 2. The lowest BCUT2D eigenvalue weighted by Crippen LogP contribution is -2.30. The minimum Gasteiger partial charge on any atom is -0.448 e. The first-order valence-corrected chi connectivity index (χ1v) is 9.80. The Morgan fingerprint density at radius 3 is 2.45 bits per heavy atom. The first-order chi connectivity index (χ1) is 14.7. The minimum atomic E-state index is -1.07. The molecule has 3 aromatic rings. The molecule has 0 aliphatic rings. The van der Waals surface area contributed by atoms with Gasteiger partial charge in [0.15, 0.2) is 17.6 Å². The van der Waals surface area contributed by atoms with Crippen LogP contribution in [0.1, 0.15) is 51.5 Å². The molecule has 160 valence electrons. The van der Waals surface area contributed by atoms with Crippen molar-refractivity contribution in [2.45, 2.75) is 40.7 Å². The predicted molar refractivity (Wildman–Crippen MR) is 116 cm³/mol. The van der Waals surface area contributed by atoms with Crippen molar-refractivity contribution in [3.05, 3.63) is 70.5 Å². The number of nitrogens with zero attached hydrogens (tertiary/aromatic N) is 3. The highest BCUT2D eigenvalue weighted by Crippen LogP contribution is 2.16. The van der Waals surface area contributed by atoms with Crippen LogP contribution in [-0.4, -0.2) is 38.8 Å². The lowest BCUT2D eigenvalue weighted by molar-refractivity contribution is -0.123. The van der Waals surface area contributed by atoms with E-state index in [1.54, 1.807) is 31.2 Å². The van der Waals surface area contributed by atoms with Gasteiger partial charge in [0.2, 0.25) is 0 Å². The largest absolute Gasteiger partial charge is 0.448 e. The highest BCUT2D eigenvalue weighted by molar-refractivity contribution is 5.99. The Labute approximate surface area is 180 Å². The van der Waals surface area contributed by atoms with E-state index < -0.39 is 18.0 Å². The second-order valence-electron chi connectivity index (χ2n) is 7.39. The molecule has 1 N–H and O–H groups in total. The van der Waals surface area contributed by atoms with Gasteiger partial charge in [0.05, 0.1) is 11.4 Å². The third-order valence-corrected chi connectivity index (χ3v) is 4.73. The molecule has 0 fully saturated rings. The summed E-state index contributed by atoms with van der Waals surface area (Å²) < 4.78 is 5.29. The van der Waals surface area contributed by atoms with Crippen molar-refractivity contribution in [3.63, 3.8) is 0 Å². The standard InChI is InChI=1S/C23H24N4O4/c1-13-9-10-20(14(2)11-13)27-25-15(3)21(26-27)23(30)31-17(5)22(29)24-19-8-6-7-18(12-19)16(4)28/h6-12,17H,1-5H3,(H,24,29)/t17-/m1/s1. The average molecular weight is 420 g/mol. The second-order valence-corrected chi connectivity index (χ2v) is 7.39. The number of carbonyl (C=O) groups is 3. The van der Waals surface area contributed by atoms with E-state index in [-0.39, 0.29) is 11.5 Å². The monoisotopic (exact) mass is 420 g/mol. The molecular weight excluding hydrogens is 396 g/mol. The second kappa shape index (κ2) is 8.91. The SMILES string of the molecule is CC(=O)c1cccc(NC(=O)[C@@H](C)OC(=O)c2nn(-c3ccc(C)cc3C)nc2C)c1. The molecule has 3 rings (SSSR count). The Morgan fingerprint density at radius 2 is 1.77 bits per heavy atom. The maximum Gasteiger partial charge on any atom is 0.361 e. The summed E-state index contributed by atoms with van der Waals surface area (Å²) in [5.41, 5.74) is 4.18. The lowest BCUT2D eigenvalue weighted by atomic mass is 10.1. The molecule has 0 unspecified atom stereocenters. The Balaban J connectivity index is 1.71. The highest BCUT2D eigenvalue weighted by atomic mass is 16.5. The Kier molecular flexibility index (Phi) is 6.29. The summed E-state index contributed by atoms with van der Waals surface area (Å²) >= 11 is 0. The number of esters is 1. The van der Waals surface area contributed by atoms with Gasteiger partial charge in [-0.2, -0.15) is 9.90 Å². The predicted octanol–water partition coefficient (Wildman–Crippen LogP) is 3.58. The molecular formula is C23H24N4O4. The van der Waals surface area contributed by atoms with E-state index in [0.29, 0.717) is 16.9 Å². The Bertz CT molecular complexity index is 1170. The third-order valence-electron chi connectivity index (χ3n) is 4.73. The van der Waals surface area contributed by atoms with Crippen molar-refractivity contribution < 1.29 is 19.1 Å². The molecule has 0 aliphatic carbocycles. The molecule has 2 aromatic carbocycles.